The second-order valence-corrected chi connectivity index (χ2v) is 8.51. The SMILES string of the molecule is CC[C@H](C)c1ccc([C@H]([NH2+]CC(=O)Nc2ccc(C(=O)N(C)C)cc2)C(C)C)cc1. The number of anilines is 1. The van der Waals surface area contributed by atoms with Gasteiger partial charge in [0.25, 0.3) is 11.8 Å². The lowest BCUT2D eigenvalue weighted by Crippen LogP contribution is -2.88. The second kappa shape index (κ2) is 10.9. The Labute approximate surface area is 180 Å². The molecule has 162 valence electrons. The number of rotatable bonds is 9. The summed E-state index contributed by atoms with van der Waals surface area (Å²) >= 11 is 0. The first-order valence-corrected chi connectivity index (χ1v) is 10.8. The van der Waals surface area contributed by atoms with E-state index in [0.29, 0.717) is 29.6 Å². The molecule has 3 N–H and O–H groups in total. The van der Waals surface area contributed by atoms with Crippen LogP contribution in [0.4, 0.5) is 5.69 Å². The number of carbonyl (C=O) groups excluding carboxylic acids is 2. The maximum absolute atomic E-state index is 12.5. The molecule has 0 saturated heterocycles. The van der Waals surface area contributed by atoms with Crippen LogP contribution in [-0.2, 0) is 4.79 Å². The Bertz CT molecular complexity index is 826. The molecule has 0 fully saturated rings. The van der Waals surface area contributed by atoms with Gasteiger partial charge in [-0.3, -0.25) is 9.59 Å². The summed E-state index contributed by atoms with van der Waals surface area (Å²) in [6.45, 7) is 9.16. The number of carbonyl (C=O) groups is 2. The van der Waals surface area contributed by atoms with E-state index < -0.39 is 0 Å². The zero-order valence-corrected chi connectivity index (χ0v) is 19.1. The van der Waals surface area contributed by atoms with Crippen LogP contribution in [0.2, 0.25) is 0 Å². The van der Waals surface area contributed by atoms with E-state index in [1.807, 2.05) is 0 Å². The minimum absolute atomic E-state index is 0.0523. The molecule has 2 atom stereocenters. The van der Waals surface area contributed by atoms with Crippen molar-refractivity contribution in [2.24, 2.45) is 5.92 Å². The number of hydrogen-bond donors (Lipinski definition) is 2. The van der Waals surface area contributed by atoms with Crippen LogP contribution >= 0.6 is 0 Å². The zero-order chi connectivity index (χ0) is 22.3. The third-order valence-corrected chi connectivity index (χ3v) is 5.60. The second-order valence-electron chi connectivity index (χ2n) is 8.51. The molecule has 30 heavy (non-hydrogen) atoms. The molecule has 0 aliphatic carbocycles. The van der Waals surface area contributed by atoms with Gasteiger partial charge in [-0.15, -0.1) is 0 Å². The first kappa shape index (κ1) is 23.6. The molecule has 2 aromatic carbocycles. The number of nitrogens with one attached hydrogen (secondary N) is 1. The quantitative estimate of drug-likeness (QED) is 0.660. The number of nitrogens with zero attached hydrogens (tertiary/aromatic N) is 1. The monoisotopic (exact) mass is 410 g/mol. The van der Waals surface area contributed by atoms with Crippen molar-refractivity contribution in [2.45, 2.75) is 46.1 Å². The summed E-state index contributed by atoms with van der Waals surface area (Å²) < 4.78 is 0. The fraction of sp³-hybridized carbons (Fsp3) is 0.440. The van der Waals surface area contributed by atoms with Crippen LogP contribution in [0.3, 0.4) is 0 Å². The largest absolute Gasteiger partial charge is 0.345 e. The lowest BCUT2D eigenvalue weighted by atomic mass is 9.92. The smallest absolute Gasteiger partial charge is 0.279 e. The van der Waals surface area contributed by atoms with Crippen molar-refractivity contribution in [3.8, 4) is 0 Å². The normalized spacial score (nSPS) is 13.0. The van der Waals surface area contributed by atoms with Crippen LogP contribution in [0.25, 0.3) is 0 Å². The maximum Gasteiger partial charge on any atom is 0.279 e. The van der Waals surface area contributed by atoms with Gasteiger partial charge in [0, 0.05) is 36.8 Å². The van der Waals surface area contributed by atoms with Gasteiger partial charge < -0.3 is 15.5 Å². The average Bonchev–Trinajstić information content (AvgIpc) is 2.73. The van der Waals surface area contributed by atoms with Crippen LogP contribution in [0.5, 0.6) is 0 Å². The molecule has 0 unspecified atom stereocenters. The van der Waals surface area contributed by atoms with Crippen LogP contribution in [0.1, 0.15) is 67.6 Å². The summed E-state index contributed by atoms with van der Waals surface area (Å²) in [4.78, 5) is 26.0. The molecule has 0 radical (unpaired) electrons. The summed E-state index contributed by atoms with van der Waals surface area (Å²) in [5.74, 6) is 0.859. The van der Waals surface area contributed by atoms with E-state index in [1.165, 1.54) is 16.0 Å². The molecule has 0 aliphatic rings. The highest BCUT2D eigenvalue weighted by molar-refractivity contribution is 5.95. The summed E-state index contributed by atoms with van der Waals surface area (Å²) in [5, 5.41) is 5.02. The van der Waals surface area contributed by atoms with Crippen molar-refractivity contribution >= 4 is 17.5 Å². The highest BCUT2D eigenvalue weighted by Crippen LogP contribution is 2.23. The van der Waals surface area contributed by atoms with Gasteiger partial charge in [-0.2, -0.15) is 0 Å². The van der Waals surface area contributed by atoms with Gasteiger partial charge in [-0.05, 0) is 42.2 Å². The van der Waals surface area contributed by atoms with Gasteiger partial charge >= 0.3 is 0 Å². The van der Waals surface area contributed by atoms with E-state index in [9.17, 15) is 9.59 Å². The first-order chi connectivity index (χ1) is 14.2. The number of benzene rings is 2. The van der Waals surface area contributed by atoms with Crippen molar-refractivity contribution in [2.75, 3.05) is 26.0 Å². The van der Waals surface area contributed by atoms with E-state index in [-0.39, 0.29) is 17.9 Å². The molecule has 5 heteroatoms. The molecular formula is C25H36N3O2+. The molecule has 0 heterocycles. The van der Waals surface area contributed by atoms with E-state index in [0.717, 1.165) is 6.42 Å². The highest BCUT2D eigenvalue weighted by atomic mass is 16.2. The fourth-order valence-electron chi connectivity index (χ4n) is 3.48. The number of hydrogen-bond acceptors (Lipinski definition) is 2. The Balaban J connectivity index is 1.96. The summed E-state index contributed by atoms with van der Waals surface area (Å²) in [5.41, 5.74) is 3.90. The van der Waals surface area contributed by atoms with Gasteiger partial charge in [0.2, 0.25) is 0 Å². The van der Waals surface area contributed by atoms with Gasteiger partial charge in [0.15, 0.2) is 6.54 Å². The molecule has 5 nitrogen and oxygen atoms in total. The number of quaternary nitrogens is 1. The number of nitrogens with two attached hydrogens (primary N) is 1. The van der Waals surface area contributed by atoms with Gasteiger partial charge in [-0.25, -0.2) is 0 Å². The molecule has 2 rings (SSSR count). The van der Waals surface area contributed by atoms with Crippen molar-refractivity contribution < 1.29 is 14.9 Å². The maximum atomic E-state index is 12.5. The first-order valence-electron chi connectivity index (χ1n) is 10.8. The zero-order valence-electron chi connectivity index (χ0n) is 19.1. The van der Waals surface area contributed by atoms with Crippen molar-refractivity contribution in [1.82, 2.24) is 4.90 Å². The van der Waals surface area contributed by atoms with Crippen LogP contribution in [0.15, 0.2) is 48.5 Å². The lowest BCUT2D eigenvalue weighted by molar-refractivity contribution is -0.692. The Morgan fingerprint density at radius 2 is 1.50 bits per heavy atom. The Hall–Kier alpha value is -2.66. The predicted molar refractivity (Wildman–Crippen MR) is 123 cm³/mol. The Morgan fingerprint density at radius 3 is 2.00 bits per heavy atom. The van der Waals surface area contributed by atoms with Crippen molar-refractivity contribution in [1.29, 1.82) is 0 Å². The van der Waals surface area contributed by atoms with E-state index in [2.05, 4.69) is 62.6 Å². The van der Waals surface area contributed by atoms with Crippen LogP contribution in [-0.4, -0.2) is 37.4 Å². The average molecular weight is 411 g/mol. The summed E-state index contributed by atoms with van der Waals surface area (Å²) in [6, 6.07) is 16.0. The molecular weight excluding hydrogens is 374 g/mol. The number of amides is 2. The molecule has 0 aromatic heterocycles. The predicted octanol–water partition coefficient (Wildman–Crippen LogP) is 3.80. The topological polar surface area (TPSA) is 66.0 Å². The van der Waals surface area contributed by atoms with Crippen LogP contribution in [0, 0.1) is 5.92 Å². The molecule has 2 amide bonds. The third-order valence-electron chi connectivity index (χ3n) is 5.60. The van der Waals surface area contributed by atoms with Crippen molar-refractivity contribution in [3.05, 3.63) is 65.2 Å². The molecule has 0 aliphatic heterocycles. The van der Waals surface area contributed by atoms with Gasteiger partial charge in [0.1, 0.15) is 6.04 Å². The minimum atomic E-state index is -0.0552. The molecule has 0 bridgehead atoms. The summed E-state index contributed by atoms with van der Waals surface area (Å²) in [6.07, 6.45) is 1.13. The van der Waals surface area contributed by atoms with Gasteiger partial charge in [-0.1, -0.05) is 52.0 Å². The van der Waals surface area contributed by atoms with E-state index >= 15 is 0 Å². The van der Waals surface area contributed by atoms with E-state index in [1.54, 1.807) is 38.4 Å². The minimum Gasteiger partial charge on any atom is -0.345 e. The van der Waals surface area contributed by atoms with Crippen LogP contribution < -0.4 is 10.6 Å². The fourth-order valence-corrected chi connectivity index (χ4v) is 3.48. The Morgan fingerprint density at radius 1 is 0.933 bits per heavy atom. The third kappa shape index (κ3) is 6.42. The standard InChI is InChI=1S/C25H35N3O2/c1-7-18(4)19-8-10-20(11-9-19)24(17(2)3)26-16-23(29)27-22-14-12-21(13-15-22)25(30)28(5)6/h8-15,17-18,24,26H,7,16H2,1-6H3,(H,27,29)/p+1/t18-,24+/m0/s1. The Kier molecular flexibility index (Phi) is 8.60. The molecule has 0 saturated carbocycles. The molecule has 0 spiro atoms. The summed E-state index contributed by atoms with van der Waals surface area (Å²) in [7, 11) is 3.44. The lowest BCUT2D eigenvalue weighted by Gasteiger charge is -2.20. The van der Waals surface area contributed by atoms with Gasteiger partial charge in [0.05, 0.1) is 0 Å². The molecule has 2 aromatic rings. The van der Waals surface area contributed by atoms with Crippen molar-refractivity contribution in [3.63, 3.8) is 0 Å². The van der Waals surface area contributed by atoms with E-state index in [4.69, 9.17) is 0 Å². The highest BCUT2D eigenvalue weighted by Gasteiger charge is 2.21.